The van der Waals surface area contributed by atoms with Crippen LogP contribution < -0.4 is 9.80 Å². The molecule has 0 amide bonds. The van der Waals surface area contributed by atoms with E-state index in [0.717, 1.165) is 38.7 Å². The number of nitrogens with zero attached hydrogens (tertiary/aromatic N) is 3. The number of hydrogen-bond donors (Lipinski definition) is 1. The van der Waals surface area contributed by atoms with E-state index in [1.807, 2.05) is 18.5 Å². The first-order valence-electron chi connectivity index (χ1n) is 7.64. The lowest BCUT2D eigenvalue weighted by atomic mass is 10.1. The molecule has 1 saturated heterocycles. The number of rotatable bonds is 3. The van der Waals surface area contributed by atoms with E-state index < -0.39 is 0 Å². The molecule has 0 aliphatic carbocycles. The number of benzene rings is 1. The van der Waals surface area contributed by atoms with Crippen molar-refractivity contribution in [2.75, 3.05) is 31.1 Å². The smallest absolute Gasteiger partial charge is 0.225 e. The van der Waals surface area contributed by atoms with Gasteiger partial charge in [0.25, 0.3) is 0 Å². The fraction of sp³-hybridized carbons (Fsp3) is 0.412. The van der Waals surface area contributed by atoms with Gasteiger partial charge in [-0.25, -0.2) is 9.97 Å². The number of hydrogen-bond acceptors (Lipinski definition) is 3. The van der Waals surface area contributed by atoms with Crippen LogP contribution >= 0.6 is 0 Å². The van der Waals surface area contributed by atoms with Crippen LogP contribution in [0.3, 0.4) is 0 Å². The van der Waals surface area contributed by atoms with Gasteiger partial charge in [-0.15, -0.1) is 0 Å². The van der Waals surface area contributed by atoms with Crippen molar-refractivity contribution in [1.29, 1.82) is 0 Å². The summed E-state index contributed by atoms with van der Waals surface area (Å²) in [5.74, 6) is 0.864. The molecule has 0 spiro atoms. The highest BCUT2D eigenvalue weighted by Crippen LogP contribution is 2.10. The quantitative estimate of drug-likeness (QED) is 0.912. The summed E-state index contributed by atoms with van der Waals surface area (Å²) in [6.45, 7) is 9.85. The van der Waals surface area contributed by atoms with Crippen molar-refractivity contribution < 1.29 is 4.90 Å². The van der Waals surface area contributed by atoms with Crippen molar-refractivity contribution in [3.8, 4) is 0 Å². The molecule has 0 atom stereocenters. The van der Waals surface area contributed by atoms with Crippen LogP contribution in [0.2, 0.25) is 0 Å². The van der Waals surface area contributed by atoms with Crippen molar-refractivity contribution in [2.45, 2.75) is 20.4 Å². The van der Waals surface area contributed by atoms with Gasteiger partial charge in [-0.05, 0) is 25.5 Å². The molecule has 2 heterocycles. The highest BCUT2D eigenvalue weighted by atomic mass is 15.3. The Morgan fingerprint density at radius 2 is 1.81 bits per heavy atom. The highest BCUT2D eigenvalue weighted by molar-refractivity contribution is 5.30. The topological polar surface area (TPSA) is 33.5 Å². The third-order valence-electron chi connectivity index (χ3n) is 4.24. The maximum absolute atomic E-state index is 4.34. The summed E-state index contributed by atoms with van der Waals surface area (Å²) in [5, 5.41) is 0. The maximum Gasteiger partial charge on any atom is 0.225 e. The Morgan fingerprint density at radius 1 is 1.10 bits per heavy atom. The summed E-state index contributed by atoms with van der Waals surface area (Å²) in [7, 11) is 0. The van der Waals surface area contributed by atoms with Gasteiger partial charge in [0.05, 0.1) is 26.2 Å². The first-order valence-corrected chi connectivity index (χ1v) is 7.64. The van der Waals surface area contributed by atoms with Crippen molar-refractivity contribution in [3.05, 3.63) is 53.3 Å². The van der Waals surface area contributed by atoms with Crippen LogP contribution in [-0.4, -0.2) is 36.1 Å². The van der Waals surface area contributed by atoms with Crippen LogP contribution in [-0.2, 0) is 6.54 Å². The van der Waals surface area contributed by atoms with E-state index in [0.29, 0.717) is 0 Å². The number of aromatic nitrogens is 2. The minimum atomic E-state index is 0.864. The summed E-state index contributed by atoms with van der Waals surface area (Å²) < 4.78 is 0. The molecule has 2 aromatic rings. The van der Waals surface area contributed by atoms with E-state index in [1.165, 1.54) is 16.7 Å². The molecule has 110 valence electrons. The Labute approximate surface area is 126 Å². The summed E-state index contributed by atoms with van der Waals surface area (Å²) in [4.78, 5) is 12.6. The van der Waals surface area contributed by atoms with Gasteiger partial charge in [-0.3, -0.25) is 0 Å². The molecule has 4 nitrogen and oxygen atoms in total. The third-order valence-corrected chi connectivity index (χ3v) is 4.24. The first kappa shape index (κ1) is 14.0. The van der Waals surface area contributed by atoms with E-state index in [4.69, 9.17) is 0 Å². The molecule has 3 rings (SSSR count). The summed E-state index contributed by atoms with van der Waals surface area (Å²) in [6, 6.07) is 8.65. The molecule has 0 unspecified atom stereocenters. The van der Waals surface area contributed by atoms with Gasteiger partial charge in [0.1, 0.15) is 6.54 Å². The normalized spacial score (nSPS) is 16.2. The number of piperazine rings is 1. The van der Waals surface area contributed by atoms with Crippen LogP contribution in [0.5, 0.6) is 0 Å². The van der Waals surface area contributed by atoms with Crippen LogP contribution in [0.25, 0.3) is 0 Å². The minimum Gasteiger partial charge on any atom is -0.330 e. The minimum absolute atomic E-state index is 0.864. The van der Waals surface area contributed by atoms with E-state index in [1.54, 1.807) is 4.90 Å². The highest BCUT2D eigenvalue weighted by Gasteiger charge is 2.21. The molecule has 0 saturated carbocycles. The maximum atomic E-state index is 4.34. The van der Waals surface area contributed by atoms with Crippen molar-refractivity contribution >= 4 is 5.95 Å². The lowest BCUT2D eigenvalue weighted by Gasteiger charge is -2.32. The SMILES string of the molecule is Cc1ccc(C[NH+]2CCN(c3ncccn3)CC2)c(C)c1. The molecule has 0 bridgehead atoms. The molecule has 1 aliphatic heterocycles. The molecule has 1 aromatic carbocycles. The average molecular weight is 283 g/mol. The molecule has 1 aromatic heterocycles. The molecule has 1 aliphatic rings. The van der Waals surface area contributed by atoms with E-state index in [2.05, 4.69) is 46.9 Å². The van der Waals surface area contributed by atoms with Crippen LogP contribution in [0, 0.1) is 13.8 Å². The molecular formula is C17H23N4+. The lowest BCUT2D eigenvalue weighted by Crippen LogP contribution is -3.13. The van der Waals surface area contributed by atoms with Gasteiger partial charge in [0, 0.05) is 18.0 Å². The van der Waals surface area contributed by atoms with E-state index >= 15 is 0 Å². The largest absolute Gasteiger partial charge is 0.330 e. The third kappa shape index (κ3) is 3.39. The van der Waals surface area contributed by atoms with Gasteiger partial charge in [-0.2, -0.15) is 0 Å². The molecule has 21 heavy (non-hydrogen) atoms. The summed E-state index contributed by atoms with van der Waals surface area (Å²) in [5.41, 5.74) is 4.23. The average Bonchev–Trinajstić information content (AvgIpc) is 2.52. The molecule has 1 fully saturated rings. The Morgan fingerprint density at radius 3 is 2.48 bits per heavy atom. The number of quaternary nitrogens is 1. The number of nitrogens with one attached hydrogen (secondary N) is 1. The standard InChI is InChI=1S/C17H22N4/c1-14-4-5-16(15(2)12-14)13-20-8-10-21(11-9-20)17-18-6-3-7-19-17/h3-7,12H,8-11,13H2,1-2H3/p+1. The predicted molar refractivity (Wildman–Crippen MR) is 84.6 cm³/mol. The van der Waals surface area contributed by atoms with E-state index in [9.17, 15) is 0 Å². The monoisotopic (exact) mass is 283 g/mol. The zero-order valence-electron chi connectivity index (χ0n) is 12.8. The molecule has 0 radical (unpaired) electrons. The van der Waals surface area contributed by atoms with Gasteiger partial charge >= 0.3 is 0 Å². The first-order chi connectivity index (χ1) is 10.2. The van der Waals surface area contributed by atoms with Gasteiger partial charge < -0.3 is 9.80 Å². The zero-order chi connectivity index (χ0) is 14.7. The van der Waals surface area contributed by atoms with Crippen molar-refractivity contribution in [2.24, 2.45) is 0 Å². The summed E-state index contributed by atoms with van der Waals surface area (Å²) >= 11 is 0. The van der Waals surface area contributed by atoms with Crippen molar-refractivity contribution in [3.63, 3.8) is 0 Å². The number of anilines is 1. The Kier molecular flexibility index (Phi) is 4.15. The Hall–Kier alpha value is -1.94. The van der Waals surface area contributed by atoms with Crippen molar-refractivity contribution in [1.82, 2.24) is 9.97 Å². The predicted octanol–water partition coefficient (Wildman–Crippen LogP) is 0.999. The summed E-state index contributed by atoms with van der Waals surface area (Å²) in [6.07, 6.45) is 3.63. The van der Waals surface area contributed by atoms with Crippen LogP contribution in [0.1, 0.15) is 16.7 Å². The second kappa shape index (κ2) is 6.22. The molecule has 4 heteroatoms. The zero-order valence-corrected chi connectivity index (χ0v) is 12.8. The van der Waals surface area contributed by atoms with Gasteiger partial charge in [0.2, 0.25) is 5.95 Å². The van der Waals surface area contributed by atoms with E-state index in [-0.39, 0.29) is 0 Å². The van der Waals surface area contributed by atoms with Crippen LogP contribution in [0.15, 0.2) is 36.7 Å². The fourth-order valence-electron chi connectivity index (χ4n) is 2.97. The Bertz CT molecular complexity index is 589. The second-order valence-electron chi connectivity index (χ2n) is 5.89. The van der Waals surface area contributed by atoms with Gasteiger partial charge in [0.15, 0.2) is 0 Å². The van der Waals surface area contributed by atoms with Crippen LogP contribution in [0.4, 0.5) is 5.95 Å². The lowest BCUT2D eigenvalue weighted by molar-refractivity contribution is -0.914. The fourth-order valence-corrected chi connectivity index (χ4v) is 2.97. The number of aryl methyl sites for hydroxylation is 2. The second-order valence-corrected chi connectivity index (χ2v) is 5.89. The molecule has 1 N–H and O–H groups in total. The Balaban J connectivity index is 1.59. The van der Waals surface area contributed by atoms with Gasteiger partial charge in [-0.1, -0.05) is 23.8 Å². The molecular weight excluding hydrogens is 260 g/mol.